The molecule has 20 heavy (non-hydrogen) atoms. The summed E-state index contributed by atoms with van der Waals surface area (Å²) in [6.07, 6.45) is 2.46. The Morgan fingerprint density at radius 1 is 1.45 bits per heavy atom. The van der Waals surface area contributed by atoms with Gasteiger partial charge < -0.3 is 20.5 Å². The van der Waals surface area contributed by atoms with Gasteiger partial charge in [0.15, 0.2) is 6.61 Å². The van der Waals surface area contributed by atoms with Gasteiger partial charge in [-0.15, -0.1) is 0 Å². The van der Waals surface area contributed by atoms with Crippen molar-refractivity contribution in [3.05, 3.63) is 23.8 Å². The molecule has 0 unspecified atom stereocenters. The molecule has 106 valence electrons. The Morgan fingerprint density at radius 2 is 2.25 bits per heavy atom. The van der Waals surface area contributed by atoms with E-state index < -0.39 is 5.60 Å². The van der Waals surface area contributed by atoms with Crippen molar-refractivity contribution in [3.63, 3.8) is 0 Å². The van der Waals surface area contributed by atoms with Crippen molar-refractivity contribution >= 4 is 17.5 Å². The van der Waals surface area contributed by atoms with Crippen molar-refractivity contribution in [3.8, 4) is 5.75 Å². The van der Waals surface area contributed by atoms with Crippen molar-refractivity contribution in [2.24, 2.45) is 0 Å². The highest BCUT2D eigenvalue weighted by molar-refractivity contribution is 5.99. The van der Waals surface area contributed by atoms with Crippen LogP contribution in [0.15, 0.2) is 18.2 Å². The van der Waals surface area contributed by atoms with Crippen LogP contribution in [0.2, 0.25) is 0 Å². The highest BCUT2D eigenvalue weighted by Gasteiger charge is 2.34. The Labute approximate surface area is 116 Å². The standard InChI is InChI=1S/C14H16N2O4/c17-12-7-20-11-6-9(2-3-10(11)16-12)13(18)15-8-14(19)4-1-5-14/h2-3,6,19H,1,4-5,7-8H2,(H,15,18)(H,16,17). The number of hydrogen-bond acceptors (Lipinski definition) is 4. The highest BCUT2D eigenvalue weighted by atomic mass is 16.5. The molecule has 0 aromatic heterocycles. The topological polar surface area (TPSA) is 87.7 Å². The number of carbonyl (C=O) groups is 2. The predicted molar refractivity (Wildman–Crippen MR) is 71.7 cm³/mol. The van der Waals surface area contributed by atoms with Crippen molar-refractivity contribution < 1.29 is 19.4 Å². The smallest absolute Gasteiger partial charge is 0.262 e. The Hall–Kier alpha value is -2.08. The molecule has 0 saturated heterocycles. The maximum Gasteiger partial charge on any atom is 0.262 e. The molecule has 1 aromatic rings. The lowest BCUT2D eigenvalue weighted by molar-refractivity contribution is -0.118. The molecule has 0 bridgehead atoms. The molecule has 6 heteroatoms. The summed E-state index contributed by atoms with van der Waals surface area (Å²) in [4.78, 5) is 23.2. The number of amides is 2. The van der Waals surface area contributed by atoms with Gasteiger partial charge >= 0.3 is 0 Å². The first kappa shape index (κ1) is 12.9. The zero-order chi connectivity index (χ0) is 14.2. The number of hydrogen-bond donors (Lipinski definition) is 3. The molecular weight excluding hydrogens is 260 g/mol. The molecule has 0 atom stereocenters. The average molecular weight is 276 g/mol. The number of fused-ring (bicyclic) bond motifs is 1. The normalized spacial score (nSPS) is 19.1. The van der Waals surface area contributed by atoms with E-state index in [1.807, 2.05) is 0 Å². The van der Waals surface area contributed by atoms with Gasteiger partial charge in [0.05, 0.1) is 11.3 Å². The molecule has 6 nitrogen and oxygen atoms in total. The van der Waals surface area contributed by atoms with Gasteiger partial charge in [-0.1, -0.05) is 0 Å². The molecule has 1 aromatic carbocycles. The van der Waals surface area contributed by atoms with E-state index in [0.717, 1.165) is 19.3 Å². The molecule has 3 rings (SSSR count). The van der Waals surface area contributed by atoms with Gasteiger partial charge in [0.1, 0.15) is 5.75 Å². The molecule has 1 fully saturated rings. The number of anilines is 1. The molecule has 2 aliphatic rings. The van der Waals surface area contributed by atoms with Gasteiger partial charge in [-0.2, -0.15) is 0 Å². The molecule has 3 N–H and O–H groups in total. The summed E-state index contributed by atoms with van der Waals surface area (Å²) in [5.41, 5.74) is 0.271. The van der Waals surface area contributed by atoms with Crippen molar-refractivity contribution in [2.45, 2.75) is 24.9 Å². The SMILES string of the molecule is O=C1COc2cc(C(=O)NCC3(O)CCC3)ccc2N1. The lowest BCUT2D eigenvalue weighted by Gasteiger charge is -2.36. The van der Waals surface area contributed by atoms with Crippen molar-refractivity contribution in [2.75, 3.05) is 18.5 Å². The number of ether oxygens (including phenoxy) is 1. The Balaban J connectivity index is 1.67. The van der Waals surface area contributed by atoms with Crippen LogP contribution in [0.5, 0.6) is 5.75 Å². The first-order chi connectivity index (χ1) is 9.56. The third kappa shape index (κ3) is 2.46. The molecular formula is C14H16N2O4. The third-order valence-corrected chi connectivity index (χ3v) is 3.74. The van der Waals surface area contributed by atoms with E-state index in [0.29, 0.717) is 17.0 Å². The zero-order valence-corrected chi connectivity index (χ0v) is 10.9. The lowest BCUT2D eigenvalue weighted by Crippen LogP contribution is -2.47. The second-order valence-corrected chi connectivity index (χ2v) is 5.31. The number of carbonyl (C=O) groups excluding carboxylic acids is 2. The van der Waals surface area contributed by atoms with E-state index in [4.69, 9.17) is 4.74 Å². The largest absolute Gasteiger partial charge is 0.482 e. The van der Waals surface area contributed by atoms with Gasteiger partial charge in [-0.25, -0.2) is 0 Å². The van der Waals surface area contributed by atoms with Gasteiger partial charge in [-0.3, -0.25) is 9.59 Å². The summed E-state index contributed by atoms with van der Waals surface area (Å²) < 4.78 is 5.26. The van der Waals surface area contributed by atoms with E-state index in [2.05, 4.69) is 10.6 Å². The minimum atomic E-state index is -0.742. The first-order valence-corrected chi connectivity index (χ1v) is 6.63. The van der Waals surface area contributed by atoms with Crippen LogP contribution >= 0.6 is 0 Å². The van der Waals surface area contributed by atoms with E-state index in [9.17, 15) is 14.7 Å². The van der Waals surface area contributed by atoms with Crippen molar-refractivity contribution in [1.82, 2.24) is 5.32 Å². The van der Waals surface area contributed by atoms with Crippen LogP contribution in [0.4, 0.5) is 5.69 Å². The van der Waals surface area contributed by atoms with Gasteiger partial charge in [0.2, 0.25) is 0 Å². The number of aliphatic hydroxyl groups is 1. The van der Waals surface area contributed by atoms with Crippen LogP contribution < -0.4 is 15.4 Å². The zero-order valence-electron chi connectivity index (χ0n) is 10.9. The molecule has 1 aliphatic carbocycles. The van der Waals surface area contributed by atoms with Crippen LogP contribution in [0.25, 0.3) is 0 Å². The fraction of sp³-hybridized carbons (Fsp3) is 0.429. The Kier molecular flexibility index (Phi) is 3.10. The predicted octanol–water partition coefficient (Wildman–Crippen LogP) is 0.662. The van der Waals surface area contributed by atoms with Crippen LogP contribution in [0.1, 0.15) is 29.6 Å². The average Bonchev–Trinajstić information content (AvgIpc) is 2.42. The Bertz CT molecular complexity index is 566. The number of benzene rings is 1. The maximum atomic E-state index is 12.0. The minimum absolute atomic E-state index is 0.0438. The maximum absolute atomic E-state index is 12.0. The lowest BCUT2D eigenvalue weighted by atomic mass is 9.80. The van der Waals surface area contributed by atoms with Crippen LogP contribution in [0, 0.1) is 0 Å². The fourth-order valence-corrected chi connectivity index (χ4v) is 2.32. The monoisotopic (exact) mass is 276 g/mol. The van der Waals surface area contributed by atoms with E-state index in [1.54, 1.807) is 18.2 Å². The summed E-state index contributed by atoms with van der Waals surface area (Å²) >= 11 is 0. The quantitative estimate of drug-likeness (QED) is 0.757. The molecule has 0 radical (unpaired) electrons. The van der Waals surface area contributed by atoms with Crippen LogP contribution in [-0.4, -0.2) is 35.7 Å². The molecule has 2 amide bonds. The summed E-state index contributed by atoms with van der Waals surface area (Å²) in [5.74, 6) is 0.0233. The van der Waals surface area contributed by atoms with Gasteiger partial charge in [0, 0.05) is 12.1 Å². The second-order valence-electron chi connectivity index (χ2n) is 5.31. The highest BCUT2D eigenvalue weighted by Crippen LogP contribution is 2.31. The summed E-state index contributed by atoms with van der Waals surface area (Å²) in [7, 11) is 0. The third-order valence-electron chi connectivity index (χ3n) is 3.74. The molecule has 1 heterocycles. The van der Waals surface area contributed by atoms with E-state index in [-0.39, 0.29) is 25.0 Å². The second kappa shape index (κ2) is 4.79. The van der Waals surface area contributed by atoms with E-state index >= 15 is 0 Å². The molecule has 1 aliphatic heterocycles. The summed E-state index contributed by atoms with van der Waals surface area (Å²) in [5, 5.41) is 15.3. The Morgan fingerprint density at radius 3 is 2.95 bits per heavy atom. The van der Waals surface area contributed by atoms with Gasteiger partial charge in [0.25, 0.3) is 11.8 Å². The van der Waals surface area contributed by atoms with Crippen LogP contribution in [-0.2, 0) is 4.79 Å². The summed E-state index contributed by atoms with van der Waals surface area (Å²) in [6.45, 7) is 0.221. The van der Waals surface area contributed by atoms with Crippen molar-refractivity contribution in [1.29, 1.82) is 0 Å². The number of rotatable bonds is 3. The first-order valence-electron chi connectivity index (χ1n) is 6.63. The fourth-order valence-electron chi connectivity index (χ4n) is 2.32. The van der Waals surface area contributed by atoms with Crippen LogP contribution in [0.3, 0.4) is 0 Å². The van der Waals surface area contributed by atoms with Gasteiger partial charge in [-0.05, 0) is 37.5 Å². The number of nitrogens with one attached hydrogen (secondary N) is 2. The summed E-state index contributed by atoms with van der Waals surface area (Å²) in [6, 6.07) is 4.85. The van der Waals surface area contributed by atoms with E-state index in [1.165, 1.54) is 0 Å². The molecule has 1 saturated carbocycles. The molecule has 0 spiro atoms. The minimum Gasteiger partial charge on any atom is -0.482 e.